The van der Waals surface area contributed by atoms with Crippen molar-refractivity contribution in [1.82, 2.24) is 14.6 Å². The zero-order valence-electron chi connectivity index (χ0n) is 14.6. The summed E-state index contributed by atoms with van der Waals surface area (Å²) in [5.74, 6) is 1.60. The summed E-state index contributed by atoms with van der Waals surface area (Å²) in [6, 6.07) is 2.03. The lowest BCUT2D eigenvalue weighted by Crippen LogP contribution is -2.21. The molecule has 0 N–H and O–H groups in total. The molecule has 2 heterocycles. The van der Waals surface area contributed by atoms with Crippen molar-refractivity contribution in [3.8, 4) is 5.75 Å². The average molecular weight is 392 g/mol. The number of rotatable bonds is 9. The highest BCUT2D eigenvalue weighted by molar-refractivity contribution is 9.10. The second kappa shape index (κ2) is 7.26. The zero-order valence-corrected chi connectivity index (χ0v) is 16.2. The molecular weight excluding hydrogens is 366 g/mol. The molecule has 0 radical (unpaired) electrons. The Morgan fingerprint density at radius 1 is 1.38 bits per heavy atom. The van der Waals surface area contributed by atoms with E-state index in [-0.39, 0.29) is 0 Å². The molecule has 1 aliphatic rings. The van der Waals surface area contributed by atoms with E-state index < -0.39 is 0 Å². The fraction of sp³-hybridized carbons (Fsp3) is 0.579. The van der Waals surface area contributed by atoms with Gasteiger partial charge >= 0.3 is 0 Å². The molecule has 0 aliphatic heterocycles. The fourth-order valence-corrected chi connectivity index (χ4v) is 3.77. The molecule has 4 nitrogen and oxygen atoms in total. The predicted molar refractivity (Wildman–Crippen MR) is 101 cm³/mol. The van der Waals surface area contributed by atoms with Crippen LogP contribution in [0.15, 0.2) is 29.7 Å². The molecule has 5 heteroatoms. The second-order valence-electron chi connectivity index (χ2n) is 6.86. The molecule has 130 valence electrons. The molecule has 1 aliphatic carbocycles. The van der Waals surface area contributed by atoms with Gasteiger partial charge in [-0.25, -0.2) is 0 Å². The minimum Gasteiger partial charge on any atom is -0.493 e. The van der Waals surface area contributed by atoms with E-state index in [9.17, 15) is 0 Å². The van der Waals surface area contributed by atoms with Crippen LogP contribution in [0, 0.1) is 5.41 Å². The van der Waals surface area contributed by atoms with Gasteiger partial charge in [0.1, 0.15) is 5.75 Å². The van der Waals surface area contributed by atoms with E-state index in [2.05, 4.69) is 52.8 Å². The Morgan fingerprint density at radius 2 is 2.12 bits per heavy atom. The van der Waals surface area contributed by atoms with Gasteiger partial charge in [0.25, 0.3) is 0 Å². The average Bonchev–Trinajstić information content (AvgIpc) is 3.38. The van der Waals surface area contributed by atoms with Crippen LogP contribution < -0.4 is 4.74 Å². The number of fused-ring (bicyclic) bond motifs is 1. The van der Waals surface area contributed by atoms with Crippen LogP contribution in [0.4, 0.5) is 0 Å². The number of aromatic nitrogens is 3. The van der Waals surface area contributed by atoms with Gasteiger partial charge < -0.3 is 4.74 Å². The van der Waals surface area contributed by atoms with Gasteiger partial charge in [0.05, 0.1) is 6.61 Å². The summed E-state index contributed by atoms with van der Waals surface area (Å²) in [6.07, 6.45) is 11.1. The highest BCUT2D eigenvalue weighted by Crippen LogP contribution is 2.45. The van der Waals surface area contributed by atoms with Crippen LogP contribution >= 0.6 is 15.9 Å². The Kier molecular flexibility index (Phi) is 5.28. The van der Waals surface area contributed by atoms with Crippen LogP contribution in [-0.2, 0) is 0 Å². The maximum atomic E-state index is 6.23. The number of nitrogens with zero attached hydrogens (tertiary/aromatic N) is 3. The van der Waals surface area contributed by atoms with Crippen LogP contribution in [0.3, 0.4) is 0 Å². The molecule has 0 amide bonds. The van der Waals surface area contributed by atoms with Crippen molar-refractivity contribution in [3.05, 3.63) is 35.2 Å². The van der Waals surface area contributed by atoms with E-state index in [1.165, 1.54) is 18.4 Å². The molecular formula is C19H26BrN3O. The second-order valence-corrected chi connectivity index (χ2v) is 7.57. The lowest BCUT2D eigenvalue weighted by atomic mass is 9.77. The van der Waals surface area contributed by atoms with Gasteiger partial charge in [-0.3, -0.25) is 4.40 Å². The Balaban J connectivity index is 1.77. The van der Waals surface area contributed by atoms with Crippen molar-refractivity contribution in [2.75, 3.05) is 6.61 Å². The van der Waals surface area contributed by atoms with Gasteiger partial charge in [0.15, 0.2) is 5.65 Å². The first-order valence-electron chi connectivity index (χ1n) is 8.90. The van der Waals surface area contributed by atoms with Crippen molar-refractivity contribution < 1.29 is 4.74 Å². The Labute approximate surface area is 152 Å². The third-order valence-corrected chi connectivity index (χ3v) is 6.02. The lowest BCUT2D eigenvalue weighted by Gasteiger charge is -2.30. The minimum atomic E-state index is 0.309. The maximum Gasteiger partial charge on any atom is 0.204 e. The van der Waals surface area contributed by atoms with Crippen molar-refractivity contribution in [2.24, 2.45) is 5.41 Å². The van der Waals surface area contributed by atoms with Gasteiger partial charge in [0, 0.05) is 17.8 Å². The molecule has 0 atom stereocenters. The molecule has 0 aromatic carbocycles. The van der Waals surface area contributed by atoms with Gasteiger partial charge in [-0.1, -0.05) is 32.8 Å². The third kappa shape index (κ3) is 3.51. The largest absolute Gasteiger partial charge is 0.493 e. The molecule has 0 saturated heterocycles. The summed E-state index contributed by atoms with van der Waals surface area (Å²) in [5.41, 5.74) is 2.42. The number of hydrogen-bond acceptors (Lipinski definition) is 3. The maximum absolute atomic E-state index is 6.23. The summed E-state index contributed by atoms with van der Waals surface area (Å²) >= 11 is 3.45. The monoisotopic (exact) mass is 391 g/mol. The molecule has 0 unspecified atom stereocenters. The van der Waals surface area contributed by atoms with Crippen LogP contribution in [-0.4, -0.2) is 21.2 Å². The molecule has 0 bridgehead atoms. The smallest absolute Gasteiger partial charge is 0.204 e. The van der Waals surface area contributed by atoms with E-state index in [4.69, 9.17) is 4.74 Å². The van der Waals surface area contributed by atoms with Gasteiger partial charge in [-0.15, -0.1) is 16.8 Å². The molecule has 1 fully saturated rings. The SMILES string of the molecule is C=CCC(CC)(CC)CCOc1cc2nnc(Br)n2cc1C1CC1. The molecule has 3 rings (SSSR count). The predicted octanol–water partition coefficient (Wildman–Crippen LogP) is 5.52. The first kappa shape index (κ1) is 17.5. The summed E-state index contributed by atoms with van der Waals surface area (Å²) in [4.78, 5) is 0. The van der Waals surface area contributed by atoms with Crippen molar-refractivity contribution in [1.29, 1.82) is 0 Å². The number of halogens is 1. The van der Waals surface area contributed by atoms with E-state index >= 15 is 0 Å². The van der Waals surface area contributed by atoms with Gasteiger partial charge in [0.2, 0.25) is 4.73 Å². The normalized spacial score (nSPS) is 15.0. The van der Waals surface area contributed by atoms with E-state index in [0.717, 1.165) is 48.4 Å². The molecule has 24 heavy (non-hydrogen) atoms. The van der Waals surface area contributed by atoms with Crippen molar-refractivity contribution in [3.63, 3.8) is 0 Å². The number of ether oxygens (including phenoxy) is 1. The standard InChI is InChI=1S/C19H26BrN3O/c1-4-9-19(5-2,6-3)10-11-24-16-12-17-21-22-18(20)23(17)13-15(16)14-7-8-14/h4,12-14H,1,5-11H2,2-3H3. The molecule has 2 aromatic heterocycles. The van der Waals surface area contributed by atoms with E-state index in [1.807, 2.05) is 16.5 Å². The Morgan fingerprint density at radius 3 is 2.75 bits per heavy atom. The summed E-state index contributed by atoms with van der Waals surface area (Å²) < 4.78 is 8.96. The number of allylic oxidation sites excluding steroid dienone is 1. The van der Waals surface area contributed by atoms with E-state index in [0.29, 0.717) is 11.3 Å². The first-order chi connectivity index (χ1) is 11.6. The molecule has 1 saturated carbocycles. The topological polar surface area (TPSA) is 39.4 Å². The van der Waals surface area contributed by atoms with Gasteiger partial charge in [-0.2, -0.15) is 0 Å². The summed E-state index contributed by atoms with van der Waals surface area (Å²) in [7, 11) is 0. The third-order valence-electron chi connectivity index (χ3n) is 5.48. The quantitative estimate of drug-likeness (QED) is 0.528. The summed E-state index contributed by atoms with van der Waals surface area (Å²) in [6.45, 7) is 9.20. The minimum absolute atomic E-state index is 0.309. The summed E-state index contributed by atoms with van der Waals surface area (Å²) in [5, 5.41) is 8.28. The molecule has 0 spiro atoms. The highest BCUT2D eigenvalue weighted by atomic mass is 79.9. The highest BCUT2D eigenvalue weighted by Gasteiger charge is 2.29. The Hall–Kier alpha value is -1.36. The number of pyridine rings is 1. The number of hydrogen-bond donors (Lipinski definition) is 0. The molecule has 2 aromatic rings. The fourth-order valence-electron chi connectivity index (χ4n) is 3.41. The van der Waals surface area contributed by atoms with Crippen molar-refractivity contribution in [2.45, 2.75) is 58.3 Å². The van der Waals surface area contributed by atoms with Gasteiger partial charge in [-0.05, 0) is 52.9 Å². The lowest BCUT2D eigenvalue weighted by molar-refractivity contribution is 0.181. The van der Waals surface area contributed by atoms with E-state index in [1.54, 1.807) is 0 Å². The van der Waals surface area contributed by atoms with Crippen LogP contribution in [0.1, 0.15) is 63.9 Å². The first-order valence-corrected chi connectivity index (χ1v) is 9.69. The van der Waals surface area contributed by atoms with Crippen molar-refractivity contribution >= 4 is 21.6 Å². The Bertz CT molecular complexity index is 717. The van der Waals surface area contributed by atoms with Crippen LogP contribution in [0.25, 0.3) is 5.65 Å². The van der Waals surface area contributed by atoms with Crippen LogP contribution in [0.5, 0.6) is 5.75 Å². The zero-order chi connectivity index (χ0) is 17.2. The van der Waals surface area contributed by atoms with Crippen LogP contribution in [0.2, 0.25) is 0 Å².